The van der Waals surface area contributed by atoms with Crippen molar-refractivity contribution in [1.82, 2.24) is 0 Å². The Hall–Kier alpha value is -0.510. The third-order valence-electron chi connectivity index (χ3n) is 3.36. The van der Waals surface area contributed by atoms with Crippen LogP contribution in [0.15, 0.2) is 0 Å². The fourth-order valence-electron chi connectivity index (χ4n) is 1.96. The molecule has 0 aromatic rings. The molecule has 0 amide bonds. The predicted octanol–water partition coefficient (Wildman–Crippen LogP) is 3.75. The van der Waals surface area contributed by atoms with Crippen LogP contribution in [0.25, 0.3) is 0 Å². The minimum Gasteiger partial charge on any atom is -0.198 e. The molecule has 2 saturated carbocycles. The highest BCUT2D eigenvalue weighted by atomic mass is 14.5. The zero-order valence-corrected chi connectivity index (χ0v) is 8.92. The lowest BCUT2D eigenvalue weighted by atomic mass is 10.1. The number of hydrogen-bond donors (Lipinski definition) is 0. The van der Waals surface area contributed by atoms with E-state index in [-0.39, 0.29) is 0 Å². The van der Waals surface area contributed by atoms with Crippen LogP contribution in [0.4, 0.5) is 0 Å². The molecule has 2 aliphatic rings. The van der Waals surface area contributed by atoms with Gasteiger partial charge < -0.3 is 0 Å². The quantitative estimate of drug-likeness (QED) is 0.633. The molecule has 0 N–H and O–H groups in total. The Morgan fingerprint density at radius 3 is 2.15 bits per heavy atom. The monoisotopic (exact) mass is 179 g/mol. The molecule has 0 aromatic heterocycles. The Bertz CT molecular complexity index is 172. The zero-order valence-electron chi connectivity index (χ0n) is 8.92. The Balaban J connectivity index is 0.000000130. The van der Waals surface area contributed by atoms with Crippen molar-refractivity contribution in [1.29, 1.82) is 5.26 Å². The van der Waals surface area contributed by atoms with Crippen molar-refractivity contribution in [3.8, 4) is 6.07 Å². The van der Waals surface area contributed by atoms with E-state index in [4.69, 9.17) is 5.26 Å². The summed E-state index contributed by atoms with van der Waals surface area (Å²) in [5.41, 5.74) is 0. The van der Waals surface area contributed by atoms with Gasteiger partial charge in [-0.3, -0.25) is 0 Å². The van der Waals surface area contributed by atoms with E-state index in [0.717, 1.165) is 6.42 Å². The van der Waals surface area contributed by atoms with Gasteiger partial charge in [0, 0.05) is 6.42 Å². The molecule has 0 saturated heterocycles. The van der Waals surface area contributed by atoms with Gasteiger partial charge in [-0.05, 0) is 24.2 Å². The van der Waals surface area contributed by atoms with Crippen molar-refractivity contribution in [3.05, 3.63) is 0 Å². The molecule has 1 nitrogen and oxygen atoms in total. The zero-order chi connectivity index (χ0) is 9.68. The fraction of sp³-hybridized carbons (Fsp3) is 0.917. The van der Waals surface area contributed by atoms with E-state index in [1.165, 1.54) is 18.3 Å². The van der Waals surface area contributed by atoms with E-state index < -0.39 is 0 Å². The van der Waals surface area contributed by atoms with Crippen LogP contribution >= 0.6 is 0 Å². The van der Waals surface area contributed by atoms with Gasteiger partial charge in [0.05, 0.1) is 6.07 Å². The molecule has 2 rings (SSSR count). The van der Waals surface area contributed by atoms with Gasteiger partial charge in [-0.25, -0.2) is 0 Å². The van der Waals surface area contributed by atoms with Crippen LogP contribution in [0.2, 0.25) is 0 Å². The van der Waals surface area contributed by atoms with Gasteiger partial charge >= 0.3 is 0 Å². The number of nitrogens with zero attached hydrogens (tertiary/aromatic N) is 1. The second-order valence-corrected chi connectivity index (χ2v) is 4.56. The molecular weight excluding hydrogens is 158 g/mol. The molecule has 2 aliphatic carbocycles. The maximum absolute atomic E-state index is 8.12. The molecule has 1 heteroatoms. The molecule has 74 valence electrons. The average molecular weight is 179 g/mol. The summed E-state index contributed by atoms with van der Waals surface area (Å²) in [5, 5.41) is 8.12. The van der Waals surface area contributed by atoms with Crippen molar-refractivity contribution in [2.24, 2.45) is 17.8 Å². The average Bonchev–Trinajstić information content (AvgIpc) is 2.75. The Morgan fingerprint density at radius 2 is 2.00 bits per heavy atom. The van der Waals surface area contributed by atoms with Gasteiger partial charge in [0.15, 0.2) is 0 Å². The lowest BCUT2D eigenvalue weighted by molar-refractivity contribution is 0.578. The first-order valence-corrected chi connectivity index (χ1v) is 5.64. The summed E-state index contributed by atoms with van der Waals surface area (Å²) in [6.07, 6.45) is 8.06. The van der Waals surface area contributed by atoms with Crippen LogP contribution in [0.3, 0.4) is 0 Å². The SMILES string of the molecule is C1CC2CC2C1.CCC(C)CC#N. The highest BCUT2D eigenvalue weighted by Gasteiger charge is 2.40. The van der Waals surface area contributed by atoms with E-state index in [2.05, 4.69) is 19.9 Å². The highest BCUT2D eigenvalue weighted by molar-refractivity contribution is 4.91. The summed E-state index contributed by atoms with van der Waals surface area (Å²) in [4.78, 5) is 0. The minimum atomic E-state index is 0.588. The summed E-state index contributed by atoms with van der Waals surface area (Å²) in [5.74, 6) is 3.01. The number of hydrogen-bond acceptors (Lipinski definition) is 1. The first kappa shape index (κ1) is 10.6. The molecule has 0 spiro atoms. The first-order chi connectivity index (χ1) is 6.27. The normalized spacial score (nSPS) is 30.8. The Morgan fingerprint density at radius 1 is 1.38 bits per heavy atom. The van der Waals surface area contributed by atoms with Gasteiger partial charge in [0.1, 0.15) is 0 Å². The van der Waals surface area contributed by atoms with Crippen molar-refractivity contribution < 1.29 is 0 Å². The number of rotatable bonds is 2. The second kappa shape index (κ2) is 5.27. The topological polar surface area (TPSA) is 23.8 Å². The van der Waals surface area contributed by atoms with Crippen LogP contribution in [-0.4, -0.2) is 0 Å². The summed E-state index contributed by atoms with van der Waals surface area (Å²) in [7, 11) is 0. The Labute approximate surface area is 82.1 Å². The van der Waals surface area contributed by atoms with E-state index in [1.54, 1.807) is 19.3 Å². The largest absolute Gasteiger partial charge is 0.198 e. The molecule has 2 fully saturated rings. The van der Waals surface area contributed by atoms with Crippen molar-refractivity contribution in [3.63, 3.8) is 0 Å². The molecule has 0 aliphatic heterocycles. The molecule has 0 heterocycles. The third kappa shape index (κ3) is 3.81. The lowest BCUT2D eigenvalue weighted by Crippen LogP contribution is -1.86. The lowest BCUT2D eigenvalue weighted by Gasteiger charge is -1.96. The fourth-order valence-corrected chi connectivity index (χ4v) is 1.96. The van der Waals surface area contributed by atoms with Crippen LogP contribution in [0, 0.1) is 29.1 Å². The summed E-state index contributed by atoms with van der Waals surface area (Å²) in [6.45, 7) is 4.19. The molecule has 3 atom stereocenters. The maximum Gasteiger partial charge on any atom is 0.0624 e. The van der Waals surface area contributed by atoms with Crippen LogP contribution < -0.4 is 0 Å². The van der Waals surface area contributed by atoms with Crippen molar-refractivity contribution in [2.75, 3.05) is 0 Å². The number of nitriles is 1. The molecule has 0 radical (unpaired) electrons. The van der Waals surface area contributed by atoms with E-state index in [0.29, 0.717) is 12.3 Å². The summed E-state index contributed by atoms with van der Waals surface area (Å²) in [6, 6.07) is 2.12. The van der Waals surface area contributed by atoms with E-state index >= 15 is 0 Å². The van der Waals surface area contributed by atoms with Crippen molar-refractivity contribution in [2.45, 2.75) is 52.4 Å². The first-order valence-electron chi connectivity index (χ1n) is 5.64. The van der Waals surface area contributed by atoms with Gasteiger partial charge in [0.2, 0.25) is 0 Å². The number of fused-ring (bicyclic) bond motifs is 1. The molecular formula is C12H21N. The van der Waals surface area contributed by atoms with Gasteiger partial charge in [0.25, 0.3) is 0 Å². The second-order valence-electron chi connectivity index (χ2n) is 4.56. The van der Waals surface area contributed by atoms with Gasteiger partial charge in [-0.1, -0.05) is 39.5 Å². The third-order valence-corrected chi connectivity index (χ3v) is 3.36. The van der Waals surface area contributed by atoms with Crippen molar-refractivity contribution >= 4 is 0 Å². The van der Waals surface area contributed by atoms with Crippen LogP contribution in [-0.2, 0) is 0 Å². The maximum atomic E-state index is 8.12. The Kier molecular flexibility index (Phi) is 4.28. The van der Waals surface area contributed by atoms with E-state index in [1.807, 2.05) is 0 Å². The molecule has 13 heavy (non-hydrogen) atoms. The van der Waals surface area contributed by atoms with E-state index in [9.17, 15) is 0 Å². The molecule has 0 bridgehead atoms. The molecule has 0 aromatic carbocycles. The van der Waals surface area contributed by atoms with Crippen LogP contribution in [0.5, 0.6) is 0 Å². The highest BCUT2D eigenvalue weighted by Crippen LogP contribution is 2.51. The van der Waals surface area contributed by atoms with Crippen LogP contribution in [0.1, 0.15) is 52.4 Å². The smallest absolute Gasteiger partial charge is 0.0624 e. The summed E-state index contributed by atoms with van der Waals surface area (Å²) < 4.78 is 0. The summed E-state index contributed by atoms with van der Waals surface area (Å²) >= 11 is 0. The molecule has 3 unspecified atom stereocenters. The van der Waals surface area contributed by atoms with Gasteiger partial charge in [-0.15, -0.1) is 0 Å². The minimum absolute atomic E-state index is 0.588. The standard InChI is InChI=1S/C6H11N.C6H10/c1-3-6(2)4-5-7;1-2-5-4-6(5)3-1/h6H,3-4H2,1-2H3;5-6H,1-4H2. The van der Waals surface area contributed by atoms with Gasteiger partial charge in [-0.2, -0.15) is 5.26 Å². The predicted molar refractivity (Wildman–Crippen MR) is 55.1 cm³/mol.